The molecule has 24 heavy (non-hydrogen) atoms. The fourth-order valence-electron chi connectivity index (χ4n) is 3.02. The Balaban J connectivity index is 2.09. The van der Waals surface area contributed by atoms with Gasteiger partial charge >= 0.3 is 5.97 Å². The number of rotatable bonds is 8. The van der Waals surface area contributed by atoms with Gasteiger partial charge in [0.05, 0.1) is 26.4 Å². The molecule has 1 aromatic carbocycles. The topological polar surface area (TPSA) is 68.2 Å². The van der Waals surface area contributed by atoms with Gasteiger partial charge in [0.1, 0.15) is 11.8 Å². The van der Waals surface area contributed by atoms with Gasteiger partial charge in [-0.1, -0.05) is 17.7 Å². The summed E-state index contributed by atoms with van der Waals surface area (Å²) in [6, 6.07) is 4.35. The fourth-order valence-corrected chi connectivity index (χ4v) is 3.29. The van der Waals surface area contributed by atoms with Crippen LogP contribution in [0.2, 0.25) is 5.02 Å². The zero-order valence-electron chi connectivity index (χ0n) is 14.0. The van der Waals surface area contributed by atoms with Crippen molar-refractivity contribution in [2.24, 2.45) is 0 Å². The first-order chi connectivity index (χ1) is 11.6. The molecule has 1 aromatic rings. The minimum atomic E-state index is -0.930. The molecule has 0 unspecified atom stereocenters. The van der Waals surface area contributed by atoms with Crippen molar-refractivity contribution >= 4 is 17.6 Å². The maximum absolute atomic E-state index is 11.9. The standard InChI is InChI=1S/C17H24ClNO5/c1-22-10-11-24-12-6-8-19(9-7-12)16(17(20)21)15-13(18)4-3-5-14(15)23-2/h3-5,12,16H,6-11H2,1-2H3,(H,20,21)/t16-/m0/s1. The van der Waals surface area contributed by atoms with Gasteiger partial charge in [-0.15, -0.1) is 0 Å². The first kappa shape index (κ1) is 19.0. The Hall–Kier alpha value is -1.34. The number of halogens is 1. The molecule has 1 fully saturated rings. The van der Waals surface area contributed by atoms with E-state index in [1.807, 2.05) is 4.90 Å². The van der Waals surface area contributed by atoms with E-state index >= 15 is 0 Å². The van der Waals surface area contributed by atoms with E-state index in [0.29, 0.717) is 42.6 Å². The highest BCUT2D eigenvalue weighted by Gasteiger charge is 2.34. The molecule has 0 radical (unpaired) electrons. The lowest BCUT2D eigenvalue weighted by Crippen LogP contribution is -2.42. The van der Waals surface area contributed by atoms with Gasteiger partial charge in [-0.25, -0.2) is 0 Å². The first-order valence-electron chi connectivity index (χ1n) is 7.98. The van der Waals surface area contributed by atoms with Crippen molar-refractivity contribution in [3.63, 3.8) is 0 Å². The summed E-state index contributed by atoms with van der Waals surface area (Å²) >= 11 is 6.27. The van der Waals surface area contributed by atoms with Crippen LogP contribution in [0.15, 0.2) is 18.2 Å². The van der Waals surface area contributed by atoms with Crippen LogP contribution in [0, 0.1) is 0 Å². The van der Waals surface area contributed by atoms with Gasteiger partial charge in [0.15, 0.2) is 0 Å². The van der Waals surface area contributed by atoms with Crippen molar-refractivity contribution in [1.29, 1.82) is 0 Å². The predicted octanol–water partition coefficient (Wildman–Crippen LogP) is 2.60. The minimum absolute atomic E-state index is 0.138. The summed E-state index contributed by atoms with van der Waals surface area (Å²) in [5.41, 5.74) is 0.507. The summed E-state index contributed by atoms with van der Waals surface area (Å²) in [5, 5.41) is 10.2. The van der Waals surface area contributed by atoms with E-state index < -0.39 is 12.0 Å². The summed E-state index contributed by atoms with van der Waals surface area (Å²) in [6.45, 7) is 2.38. The molecule has 7 heteroatoms. The van der Waals surface area contributed by atoms with Crippen molar-refractivity contribution in [2.45, 2.75) is 25.0 Å². The first-order valence-corrected chi connectivity index (χ1v) is 8.36. The molecule has 1 saturated heterocycles. The van der Waals surface area contributed by atoms with E-state index in [1.165, 1.54) is 7.11 Å². The summed E-state index contributed by atoms with van der Waals surface area (Å²) in [7, 11) is 3.16. The summed E-state index contributed by atoms with van der Waals surface area (Å²) in [4.78, 5) is 13.8. The molecule has 0 saturated carbocycles. The second kappa shape index (κ2) is 9.22. The van der Waals surface area contributed by atoms with E-state index in [2.05, 4.69) is 0 Å². The Morgan fingerprint density at radius 3 is 2.62 bits per heavy atom. The number of nitrogens with zero attached hydrogens (tertiary/aromatic N) is 1. The molecule has 134 valence electrons. The summed E-state index contributed by atoms with van der Waals surface area (Å²) < 4.78 is 16.0. The van der Waals surface area contributed by atoms with Crippen molar-refractivity contribution in [1.82, 2.24) is 4.90 Å². The molecule has 6 nitrogen and oxygen atoms in total. The predicted molar refractivity (Wildman–Crippen MR) is 90.8 cm³/mol. The number of carboxylic acids is 1. The molecule has 0 aromatic heterocycles. The molecular weight excluding hydrogens is 334 g/mol. The van der Waals surface area contributed by atoms with Crippen LogP contribution in [0.25, 0.3) is 0 Å². The number of aliphatic carboxylic acids is 1. The van der Waals surface area contributed by atoms with Crippen molar-refractivity contribution < 1.29 is 24.1 Å². The lowest BCUT2D eigenvalue weighted by Gasteiger charge is -2.36. The molecule has 0 aliphatic carbocycles. The number of likely N-dealkylation sites (tertiary alicyclic amines) is 1. The minimum Gasteiger partial charge on any atom is -0.496 e. The average molecular weight is 358 g/mol. The average Bonchev–Trinajstić information content (AvgIpc) is 2.58. The number of carbonyl (C=O) groups is 1. The van der Waals surface area contributed by atoms with Gasteiger partial charge in [-0.05, 0) is 25.0 Å². The highest BCUT2D eigenvalue weighted by Crippen LogP contribution is 2.37. The Bertz CT molecular complexity index is 546. The van der Waals surface area contributed by atoms with E-state index in [0.717, 1.165) is 12.8 Å². The van der Waals surface area contributed by atoms with Gasteiger partial charge < -0.3 is 19.3 Å². The van der Waals surface area contributed by atoms with Crippen molar-refractivity contribution in [3.8, 4) is 5.75 Å². The molecule has 1 heterocycles. The van der Waals surface area contributed by atoms with Crippen LogP contribution in [0.1, 0.15) is 24.4 Å². The number of benzene rings is 1. The van der Waals surface area contributed by atoms with Crippen LogP contribution in [0.5, 0.6) is 5.75 Å². The zero-order chi connectivity index (χ0) is 17.5. The fraction of sp³-hybridized carbons (Fsp3) is 0.588. The van der Waals surface area contributed by atoms with Gasteiger partial charge in [0, 0.05) is 30.8 Å². The second-order valence-electron chi connectivity index (χ2n) is 5.70. The van der Waals surface area contributed by atoms with E-state index in [9.17, 15) is 9.90 Å². The van der Waals surface area contributed by atoms with Crippen LogP contribution >= 0.6 is 11.6 Å². The monoisotopic (exact) mass is 357 g/mol. The second-order valence-corrected chi connectivity index (χ2v) is 6.10. The van der Waals surface area contributed by atoms with Crippen molar-refractivity contribution in [3.05, 3.63) is 28.8 Å². The lowest BCUT2D eigenvalue weighted by molar-refractivity contribution is -0.145. The number of hydrogen-bond donors (Lipinski definition) is 1. The van der Waals surface area contributed by atoms with Crippen LogP contribution in [0.4, 0.5) is 0 Å². The van der Waals surface area contributed by atoms with E-state index in [1.54, 1.807) is 25.3 Å². The molecule has 2 rings (SSSR count). The van der Waals surface area contributed by atoms with Gasteiger partial charge in [-0.2, -0.15) is 0 Å². The molecule has 1 aliphatic heterocycles. The van der Waals surface area contributed by atoms with Gasteiger partial charge in [0.25, 0.3) is 0 Å². The largest absolute Gasteiger partial charge is 0.496 e. The summed E-state index contributed by atoms with van der Waals surface area (Å²) in [6.07, 6.45) is 1.69. The van der Waals surface area contributed by atoms with Crippen LogP contribution < -0.4 is 4.74 Å². The Kier molecular flexibility index (Phi) is 7.30. The smallest absolute Gasteiger partial charge is 0.325 e. The number of methoxy groups -OCH3 is 2. The maximum atomic E-state index is 11.9. The van der Waals surface area contributed by atoms with Gasteiger partial charge in [0.2, 0.25) is 0 Å². The van der Waals surface area contributed by atoms with Gasteiger partial charge in [-0.3, -0.25) is 9.69 Å². The zero-order valence-corrected chi connectivity index (χ0v) is 14.8. The van der Waals surface area contributed by atoms with Crippen LogP contribution in [0.3, 0.4) is 0 Å². The molecule has 1 atom stereocenters. The molecule has 1 aliphatic rings. The Morgan fingerprint density at radius 1 is 1.33 bits per heavy atom. The number of piperidine rings is 1. The molecule has 0 bridgehead atoms. The molecule has 0 spiro atoms. The van der Waals surface area contributed by atoms with E-state index in [4.69, 9.17) is 25.8 Å². The third-order valence-corrected chi connectivity index (χ3v) is 4.55. The molecule has 0 amide bonds. The lowest BCUT2D eigenvalue weighted by atomic mass is 9.99. The number of ether oxygens (including phenoxy) is 3. The SMILES string of the molecule is COCCOC1CCN([C@H](C(=O)O)c2c(Cl)cccc2OC)CC1. The Labute approximate surface area is 147 Å². The van der Waals surface area contributed by atoms with Crippen LogP contribution in [-0.4, -0.2) is 62.6 Å². The molecule has 1 N–H and O–H groups in total. The highest BCUT2D eigenvalue weighted by molar-refractivity contribution is 6.31. The van der Waals surface area contributed by atoms with Crippen molar-refractivity contribution in [2.75, 3.05) is 40.5 Å². The van der Waals surface area contributed by atoms with Crippen LogP contribution in [-0.2, 0) is 14.3 Å². The quantitative estimate of drug-likeness (QED) is 0.721. The molecular formula is C17H24ClNO5. The third kappa shape index (κ3) is 4.60. The maximum Gasteiger partial charge on any atom is 0.325 e. The normalized spacial score (nSPS) is 17.6. The highest BCUT2D eigenvalue weighted by atomic mass is 35.5. The number of carboxylic acid groups (broad SMARTS) is 1. The summed E-state index contributed by atoms with van der Waals surface area (Å²) in [5.74, 6) is -0.437. The van der Waals surface area contributed by atoms with E-state index in [-0.39, 0.29) is 6.10 Å². The Morgan fingerprint density at radius 2 is 2.04 bits per heavy atom. The number of hydrogen-bond acceptors (Lipinski definition) is 5. The third-order valence-electron chi connectivity index (χ3n) is 4.22.